The molecule has 1 aromatic carbocycles. The van der Waals surface area contributed by atoms with Crippen LogP contribution in [0.1, 0.15) is 98.3 Å². The Labute approximate surface area is 202 Å². The van der Waals surface area contributed by atoms with Crippen LogP contribution >= 0.6 is 23.6 Å². The molecule has 174 valence electrons. The third-order valence-corrected chi connectivity index (χ3v) is 7.43. The Kier molecular flexibility index (Phi) is 8.34. The molecule has 1 aliphatic carbocycles. The van der Waals surface area contributed by atoms with Gasteiger partial charge in [-0.25, -0.2) is 4.79 Å². The van der Waals surface area contributed by atoms with Gasteiger partial charge in [0, 0.05) is 4.88 Å². The van der Waals surface area contributed by atoms with Gasteiger partial charge >= 0.3 is 5.97 Å². The van der Waals surface area contributed by atoms with Gasteiger partial charge in [-0.05, 0) is 73.9 Å². The minimum absolute atomic E-state index is 0.0519. The maximum Gasteiger partial charge on any atom is 0.341 e. The standard InChI is InChI=1S/C26H36N2O2S2/c1-6-30-24(29)22-20-11-9-7-8-10-12-21(20)32-23(22)28-25(31)27-17(2)18-13-15-19(16-14-18)26(3,4)5/h13-17H,6-12H2,1-5H3,(H2,27,28,31). The Bertz CT molecular complexity index is 942. The van der Waals surface area contributed by atoms with Gasteiger partial charge < -0.3 is 15.4 Å². The summed E-state index contributed by atoms with van der Waals surface area (Å²) in [7, 11) is 0. The van der Waals surface area contributed by atoms with Crippen LogP contribution < -0.4 is 10.6 Å². The lowest BCUT2D eigenvalue weighted by Crippen LogP contribution is -2.31. The number of carbonyl (C=O) groups excluding carboxylic acids is 1. The molecule has 1 heterocycles. The first-order valence-electron chi connectivity index (χ1n) is 11.7. The highest BCUT2D eigenvalue weighted by Crippen LogP contribution is 2.37. The number of anilines is 1. The lowest BCUT2D eigenvalue weighted by molar-refractivity contribution is 0.0526. The van der Waals surface area contributed by atoms with Crippen LogP contribution in [0.2, 0.25) is 0 Å². The van der Waals surface area contributed by atoms with E-state index < -0.39 is 0 Å². The first kappa shape index (κ1) is 24.7. The summed E-state index contributed by atoms with van der Waals surface area (Å²) in [5, 5.41) is 8.04. The summed E-state index contributed by atoms with van der Waals surface area (Å²) in [6, 6.07) is 8.73. The number of esters is 1. The van der Waals surface area contributed by atoms with E-state index in [9.17, 15) is 4.79 Å². The fourth-order valence-corrected chi connectivity index (χ4v) is 5.74. The summed E-state index contributed by atoms with van der Waals surface area (Å²) in [6.07, 6.45) is 6.69. The van der Waals surface area contributed by atoms with E-state index in [-0.39, 0.29) is 17.4 Å². The average molecular weight is 473 g/mol. The normalized spacial score (nSPS) is 15.2. The predicted molar refractivity (Wildman–Crippen MR) is 139 cm³/mol. The molecule has 0 radical (unpaired) electrons. The summed E-state index contributed by atoms with van der Waals surface area (Å²) in [5.74, 6) is -0.248. The van der Waals surface area contributed by atoms with Gasteiger partial charge in [-0.1, -0.05) is 57.9 Å². The molecular weight excluding hydrogens is 436 g/mol. The van der Waals surface area contributed by atoms with Gasteiger partial charge in [-0.15, -0.1) is 11.3 Å². The Hall–Kier alpha value is -1.92. The lowest BCUT2D eigenvalue weighted by atomic mass is 9.86. The van der Waals surface area contributed by atoms with Gasteiger partial charge in [0.25, 0.3) is 0 Å². The number of hydrogen-bond donors (Lipinski definition) is 2. The van der Waals surface area contributed by atoms with E-state index in [2.05, 4.69) is 62.6 Å². The highest BCUT2D eigenvalue weighted by Gasteiger charge is 2.26. The molecule has 1 aromatic heterocycles. The molecule has 4 nitrogen and oxygen atoms in total. The van der Waals surface area contributed by atoms with Crippen LogP contribution in [-0.2, 0) is 23.0 Å². The van der Waals surface area contributed by atoms with Gasteiger partial charge in [0.2, 0.25) is 0 Å². The van der Waals surface area contributed by atoms with Gasteiger partial charge in [0.1, 0.15) is 5.00 Å². The minimum atomic E-state index is -0.248. The predicted octanol–water partition coefficient (Wildman–Crippen LogP) is 6.93. The Morgan fingerprint density at radius 1 is 1.12 bits per heavy atom. The summed E-state index contributed by atoms with van der Waals surface area (Å²) >= 11 is 7.29. The van der Waals surface area contributed by atoms with E-state index in [0.29, 0.717) is 17.3 Å². The Balaban J connectivity index is 1.76. The first-order chi connectivity index (χ1) is 15.2. The van der Waals surface area contributed by atoms with E-state index in [4.69, 9.17) is 17.0 Å². The molecule has 0 bridgehead atoms. The molecule has 0 saturated carbocycles. The molecule has 3 rings (SSSR count). The summed E-state index contributed by atoms with van der Waals surface area (Å²) in [6.45, 7) is 11.0. The number of ether oxygens (including phenoxy) is 1. The van der Waals surface area contributed by atoms with Crippen LogP contribution in [0.25, 0.3) is 0 Å². The Morgan fingerprint density at radius 2 is 1.78 bits per heavy atom. The molecule has 6 heteroatoms. The third-order valence-electron chi connectivity index (χ3n) is 6.00. The van der Waals surface area contributed by atoms with E-state index in [1.807, 2.05) is 6.92 Å². The second-order valence-corrected chi connectivity index (χ2v) is 11.0. The molecule has 0 aliphatic heterocycles. The number of fused-ring (bicyclic) bond motifs is 1. The highest BCUT2D eigenvalue weighted by atomic mass is 32.1. The number of carbonyl (C=O) groups is 1. The van der Waals surface area contributed by atoms with Crippen molar-refractivity contribution < 1.29 is 9.53 Å². The van der Waals surface area contributed by atoms with E-state index in [1.54, 1.807) is 11.3 Å². The molecule has 0 spiro atoms. The summed E-state index contributed by atoms with van der Waals surface area (Å²) < 4.78 is 5.40. The SMILES string of the molecule is CCOC(=O)c1c(NC(=S)NC(C)c2ccc(C(C)(C)C)cc2)sc2c1CCCCCC2. The van der Waals surface area contributed by atoms with Crippen LogP contribution in [0.4, 0.5) is 5.00 Å². The van der Waals surface area contributed by atoms with Gasteiger partial charge in [0.05, 0.1) is 18.2 Å². The van der Waals surface area contributed by atoms with Gasteiger partial charge in [0.15, 0.2) is 5.11 Å². The van der Waals surface area contributed by atoms with Crippen molar-refractivity contribution in [3.05, 3.63) is 51.4 Å². The molecule has 1 atom stereocenters. The van der Waals surface area contributed by atoms with Crippen molar-refractivity contribution in [2.24, 2.45) is 0 Å². The zero-order valence-electron chi connectivity index (χ0n) is 20.0. The van der Waals surface area contributed by atoms with Crippen molar-refractivity contribution in [2.75, 3.05) is 11.9 Å². The number of thiophene rings is 1. The Morgan fingerprint density at radius 3 is 2.41 bits per heavy atom. The maximum absolute atomic E-state index is 12.8. The van der Waals surface area contributed by atoms with Crippen molar-refractivity contribution in [3.63, 3.8) is 0 Å². The second kappa shape index (κ2) is 10.8. The topological polar surface area (TPSA) is 50.4 Å². The molecular formula is C26H36N2O2S2. The number of aryl methyl sites for hydroxylation is 1. The van der Waals surface area contributed by atoms with Crippen molar-refractivity contribution in [1.82, 2.24) is 5.32 Å². The number of rotatable bonds is 5. The second-order valence-electron chi connectivity index (χ2n) is 9.53. The van der Waals surface area contributed by atoms with Crippen molar-refractivity contribution in [2.45, 2.75) is 84.6 Å². The lowest BCUT2D eigenvalue weighted by Gasteiger charge is -2.21. The zero-order valence-corrected chi connectivity index (χ0v) is 21.6. The molecule has 0 amide bonds. The molecule has 32 heavy (non-hydrogen) atoms. The summed E-state index contributed by atoms with van der Waals surface area (Å²) in [4.78, 5) is 14.1. The average Bonchev–Trinajstić information content (AvgIpc) is 3.03. The van der Waals surface area contributed by atoms with Gasteiger partial charge in [-0.3, -0.25) is 0 Å². The number of benzene rings is 1. The third kappa shape index (κ3) is 6.10. The number of nitrogens with one attached hydrogen (secondary N) is 2. The highest BCUT2D eigenvalue weighted by molar-refractivity contribution is 7.80. The monoisotopic (exact) mass is 472 g/mol. The van der Waals surface area contributed by atoms with Crippen LogP contribution in [0, 0.1) is 0 Å². The van der Waals surface area contributed by atoms with Crippen LogP contribution in [0.15, 0.2) is 24.3 Å². The van der Waals surface area contributed by atoms with Crippen molar-refractivity contribution in [3.8, 4) is 0 Å². The maximum atomic E-state index is 12.8. The van der Waals surface area contributed by atoms with Crippen LogP contribution in [0.3, 0.4) is 0 Å². The zero-order chi connectivity index (χ0) is 23.3. The van der Waals surface area contributed by atoms with E-state index in [1.165, 1.54) is 35.3 Å². The van der Waals surface area contributed by atoms with E-state index in [0.717, 1.165) is 29.8 Å². The quantitative estimate of drug-likeness (QED) is 0.365. The molecule has 1 unspecified atom stereocenters. The van der Waals surface area contributed by atoms with Crippen LogP contribution in [0.5, 0.6) is 0 Å². The smallest absolute Gasteiger partial charge is 0.341 e. The summed E-state index contributed by atoms with van der Waals surface area (Å²) in [5.41, 5.74) is 4.45. The van der Waals surface area contributed by atoms with Crippen molar-refractivity contribution in [1.29, 1.82) is 0 Å². The van der Waals surface area contributed by atoms with Crippen LogP contribution in [-0.4, -0.2) is 17.7 Å². The molecule has 2 N–H and O–H groups in total. The molecule has 0 fully saturated rings. The fraction of sp³-hybridized carbons (Fsp3) is 0.538. The van der Waals surface area contributed by atoms with Crippen molar-refractivity contribution >= 4 is 39.6 Å². The van der Waals surface area contributed by atoms with Gasteiger partial charge in [-0.2, -0.15) is 0 Å². The first-order valence-corrected chi connectivity index (χ1v) is 12.9. The molecule has 0 saturated heterocycles. The molecule has 2 aromatic rings. The minimum Gasteiger partial charge on any atom is -0.462 e. The van der Waals surface area contributed by atoms with E-state index >= 15 is 0 Å². The largest absolute Gasteiger partial charge is 0.462 e. The number of hydrogen-bond acceptors (Lipinski definition) is 4. The molecule has 1 aliphatic rings. The fourth-order valence-electron chi connectivity index (χ4n) is 4.12. The number of thiocarbonyl (C=S) groups is 1.